The van der Waals surface area contributed by atoms with Crippen LogP contribution in [0.1, 0.15) is 31.0 Å². The van der Waals surface area contributed by atoms with E-state index in [2.05, 4.69) is 37.4 Å². The number of rotatable bonds is 1. The number of aryl methyl sites for hydroxylation is 1. The molecular formula is C12H18N2. The normalized spacial score (nSPS) is 25.4. The van der Waals surface area contributed by atoms with E-state index in [4.69, 9.17) is 5.73 Å². The number of anilines is 1. The summed E-state index contributed by atoms with van der Waals surface area (Å²) >= 11 is 0. The summed E-state index contributed by atoms with van der Waals surface area (Å²) in [6.45, 7) is 5.35. The van der Waals surface area contributed by atoms with E-state index in [0.29, 0.717) is 5.92 Å². The molecule has 0 radical (unpaired) electrons. The Labute approximate surface area is 85.5 Å². The van der Waals surface area contributed by atoms with Gasteiger partial charge in [-0.1, -0.05) is 26.0 Å². The molecule has 2 atom stereocenters. The highest BCUT2D eigenvalue weighted by Gasteiger charge is 2.22. The fraction of sp³-hybridized carbons (Fsp3) is 0.500. The van der Waals surface area contributed by atoms with E-state index < -0.39 is 0 Å². The van der Waals surface area contributed by atoms with Crippen LogP contribution < -0.4 is 11.1 Å². The smallest absolute Gasteiger partial charge is 0.0389 e. The monoisotopic (exact) mass is 190 g/mol. The van der Waals surface area contributed by atoms with Crippen molar-refractivity contribution in [2.24, 2.45) is 11.7 Å². The highest BCUT2D eigenvalue weighted by molar-refractivity contribution is 5.56. The number of hydrogen-bond donors (Lipinski definition) is 2. The highest BCUT2D eigenvalue weighted by atomic mass is 14.9. The standard InChI is InChI=1S/C12H18N2/c1-3-9-4-5-11-10(6-9)12(13)8(2)7-14-11/h4-6,8,12,14H,3,7,13H2,1-2H3. The fourth-order valence-corrected chi connectivity index (χ4v) is 1.97. The van der Waals surface area contributed by atoms with Crippen molar-refractivity contribution in [2.45, 2.75) is 26.3 Å². The van der Waals surface area contributed by atoms with Gasteiger partial charge in [-0.05, 0) is 29.5 Å². The third-order valence-corrected chi connectivity index (χ3v) is 3.11. The van der Waals surface area contributed by atoms with Crippen LogP contribution in [0, 0.1) is 5.92 Å². The lowest BCUT2D eigenvalue weighted by Gasteiger charge is -2.30. The van der Waals surface area contributed by atoms with Crippen LogP contribution in [0.5, 0.6) is 0 Å². The first kappa shape index (κ1) is 9.53. The van der Waals surface area contributed by atoms with Crippen molar-refractivity contribution in [3.05, 3.63) is 29.3 Å². The van der Waals surface area contributed by atoms with E-state index in [9.17, 15) is 0 Å². The third kappa shape index (κ3) is 1.50. The van der Waals surface area contributed by atoms with Crippen LogP contribution in [0.25, 0.3) is 0 Å². The molecule has 2 heteroatoms. The summed E-state index contributed by atoms with van der Waals surface area (Å²) in [6, 6.07) is 6.76. The average Bonchev–Trinajstić information content (AvgIpc) is 2.23. The van der Waals surface area contributed by atoms with Crippen molar-refractivity contribution in [3.8, 4) is 0 Å². The van der Waals surface area contributed by atoms with Crippen LogP contribution in [0.4, 0.5) is 5.69 Å². The minimum atomic E-state index is 0.192. The molecule has 0 fully saturated rings. The maximum atomic E-state index is 6.17. The zero-order valence-electron chi connectivity index (χ0n) is 8.88. The molecular weight excluding hydrogens is 172 g/mol. The van der Waals surface area contributed by atoms with Gasteiger partial charge in [-0.2, -0.15) is 0 Å². The molecule has 1 aromatic carbocycles. The zero-order valence-corrected chi connectivity index (χ0v) is 8.88. The molecule has 1 aromatic rings. The Hall–Kier alpha value is -1.02. The first-order valence-electron chi connectivity index (χ1n) is 5.34. The maximum absolute atomic E-state index is 6.17. The van der Waals surface area contributed by atoms with Crippen LogP contribution in [-0.2, 0) is 6.42 Å². The predicted octanol–water partition coefficient (Wildman–Crippen LogP) is 2.31. The molecule has 0 spiro atoms. The first-order chi connectivity index (χ1) is 6.72. The topological polar surface area (TPSA) is 38.0 Å². The minimum absolute atomic E-state index is 0.192. The lowest BCUT2D eigenvalue weighted by molar-refractivity contribution is 0.479. The number of fused-ring (bicyclic) bond motifs is 1. The van der Waals surface area contributed by atoms with E-state index in [-0.39, 0.29) is 6.04 Å². The molecule has 0 bridgehead atoms. The Kier molecular flexibility index (Phi) is 2.46. The second-order valence-electron chi connectivity index (χ2n) is 4.16. The van der Waals surface area contributed by atoms with Gasteiger partial charge in [-0.3, -0.25) is 0 Å². The van der Waals surface area contributed by atoms with Gasteiger partial charge in [-0.15, -0.1) is 0 Å². The third-order valence-electron chi connectivity index (χ3n) is 3.11. The Morgan fingerprint density at radius 2 is 2.29 bits per heavy atom. The minimum Gasteiger partial charge on any atom is -0.384 e. The summed E-state index contributed by atoms with van der Waals surface area (Å²) in [6.07, 6.45) is 1.08. The van der Waals surface area contributed by atoms with Gasteiger partial charge in [0.25, 0.3) is 0 Å². The molecule has 0 aromatic heterocycles. The fourth-order valence-electron chi connectivity index (χ4n) is 1.97. The Morgan fingerprint density at radius 3 is 3.00 bits per heavy atom. The first-order valence-corrected chi connectivity index (χ1v) is 5.34. The van der Waals surface area contributed by atoms with Crippen molar-refractivity contribution in [1.29, 1.82) is 0 Å². The number of benzene rings is 1. The van der Waals surface area contributed by atoms with E-state index in [0.717, 1.165) is 13.0 Å². The zero-order chi connectivity index (χ0) is 10.1. The van der Waals surface area contributed by atoms with Gasteiger partial charge >= 0.3 is 0 Å². The van der Waals surface area contributed by atoms with Crippen LogP contribution in [0.15, 0.2) is 18.2 Å². The van der Waals surface area contributed by atoms with Gasteiger partial charge in [0.15, 0.2) is 0 Å². The number of hydrogen-bond acceptors (Lipinski definition) is 2. The van der Waals surface area contributed by atoms with Gasteiger partial charge in [0, 0.05) is 18.3 Å². The Bertz CT molecular complexity index is 333. The van der Waals surface area contributed by atoms with Gasteiger partial charge in [0.1, 0.15) is 0 Å². The van der Waals surface area contributed by atoms with E-state index in [1.165, 1.54) is 16.8 Å². The van der Waals surface area contributed by atoms with Crippen molar-refractivity contribution >= 4 is 5.69 Å². The molecule has 3 N–H and O–H groups in total. The second kappa shape index (κ2) is 3.62. The second-order valence-corrected chi connectivity index (χ2v) is 4.16. The summed E-state index contributed by atoms with van der Waals surface area (Å²) in [7, 11) is 0. The van der Waals surface area contributed by atoms with Gasteiger partial charge in [0.2, 0.25) is 0 Å². The van der Waals surface area contributed by atoms with Gasteiger partial charge in [0.05, 0.1) is 0 Å². The molecule has 1 aliphatic heterocycles. The van der Waals surface area contributed by atoms with Crippen LogP contribution in [0.3, 0.4) is 0 Å². The summed E-state index contributed by atoms with van der Waals surface area (Å²) in [5.74, 6) is 0.523. The lowest BCUT2D eigenvalue weighted by atomic mass is 9.89. The van der Waals surface area contributed by atoms with Crippen molar-refractivity contribution in [2.75, 3.05) is 11.9 Å². The molecule has 2 unspecified atom stereocenters. The van der Waals surface area contributed by atoms with Crippen molar-refractivity contribution in [3.63, 3.8) is 0 Å². The largest absolute Gasteiger partial charge is 0.384 e. The molecule has 0 aliphatic carbocycles. The van der Waals surface area contributed by atoms with Crippen LogP contribution in [0.2, 0.25) is 0 Å². The van der Waals surface area contributed by atoms with E-state index >= 15 is 0 Å². The molecule has 0 amide bonds. The van der Waals surface area contributed by atoms with Gasteiger partial charge in [-0.25, -0.2) is 0 Å². The van der Waals surface area contributed by atoms with E-state index in [1.807, 2.05) is 0 Å². The number of nitrogens with two attached hydrogens (primary N) is 1. The predicted molar refractivity (Wildman–Crippen MR) is 60.4 cm³/mol. The Balaban J connectivity index is 2.41. The molecule has 0 saturated carbocycles. The number of nitrogens with one attached hydrogen (secondary N) is 1. The molecule has 2 nitrogen and oxygen atoms in total. The average molecular weight is 190 g/mol. The molecule has 1 aliphatic rings. The summed E-state index contributed by atoms with van der Waals surface area (Å²) in [5, 5.41) is 3.41. The molecule has 1 heterocycles. The summed E-state index contributed by atoms with van der Waals surface area (Å²) in [5.41, 5.74) is 10.0. The Morgan fingerprint density at radius 1 is 1.50 bits per heavy atom. The SMILES string of the molecule is CCc1ccc2c(c1)C(N)C(C)CN2. The molecule has 14 heavy (non-hydrogen) atoms. The molecule has 0 saturated heterocycles. The van der Waals surface area contributed by atoms with E-state index in [1.54, 1.807) is 0 Å². The van der Waals surface area contributed by atoms with Crippen LogP contribution >= 0.6 is 0 Å². The van der Waals surface area contributed by atoms with Crippen LogP contribution in [-0.4, -0.2) is 6.54 Å². The molecule has 76 valence electrons. The van der Waals surface area contributed by atoms with Crippen molar-refractivity contribution < 1.29 is 0 Å². The lowest BCUT2D eigenvalue weighted by Crippen LogP contribution is -2.30. The summed E-state index contributed by atoms with van der Waals surface area (Å²) < 4.78 is 0. The highest BCUT2D eigenvalue weighted by Crippen LogP contribution is 2.32. The summed E-state index contributed by atoms with van der Waals surface area (Å²) in [4.78, 5) is 0. The van der Waals surface area contributed by atoms with Gasteiger partial charge < -0.3 is 11.1 Å². The molecule has 2 rings (SSSR count). The maximum Gasteiger partial charge on any atom is 0.0389 e. The van der Waals surface area contributed by atoms with Crippen molar-refractivity contribution in [1.82, 2.24) is 0 Å². The quantitative estimate of drug-likeness (QED) is 0.713.